The fourth-order valence-electron chi connectivity index (χ4n) is 2.20. The van der Waals surface area contributed by atoms with Gasteiger partial charge < -0.3 is 9.47 Å². The zero-order chi connectivity index (χ0) is 17.2. The summed E-state index contributed by atoms with van der Waals surface area (Å²) in [7, 11) is 3.44. The van der Waals surface area contributed by atoms with Gasteiger partial charge in [0, 0.05) is 19.2 Å². The summed E-state index contributed by atoms with van der Waals surface area (Å²) >= 11 is 0. The number of likely N-dealkylation sites (N-methyl/N-ethyl adjacent to an activating group) is 1. The predicted octanol–water partition coefficient (Wildman–Crippen LogP) is 3.38. The summed E-state index contributed by atoms with van der Waals surface area (Å²) in [6, 6.07) is 18.0. The molecule has 0 radical (unpaired) electrons. The molecular weight excluding hydrogens is 302 g/mol. The highest BCUT2D eigenvalue weighted by Gasteiger charge is 2.01. The first-order valence-corrected chi connectivity index (χ1v) is 7.89. The second-order valence-electron chi connectivity index (χ2n) is 5.50. The van der Waals surface area contributed by atoms with Crippen LogP contribution in [-0.4, -0.2) is 38.2 Å². The number of carbonyl (C=O) groups is 1. The summed E-state index contributed by atoms with van der Waals surface area (Å²) in [6.07, 6.45) is 3.11. The molecule has 24 heavy (non-hydrogen) atoms. The summed E-state index contributed by atoms with van der Waals surface area (Å²) in [5, 5.41) is 0. The number of hydrogen-bond donors (Lipinski definition) is 0. The van der Waals surface area contributed by atoms with Crippen LogP contribution in [0.2, 0.25) is 0 Å². The SMILES string of the molecule is COC(=O)/C=C/c1ccc(OCCN(C)Cc2ccccc2)cc1. The third-order valence-electron chi connectivity index (χ3n) is 3.53. The molecule has 0 amide bonds. The first kappa shape index (κ1) is 17.8. The van der Waals surface area contributed by atoms with Crippen molar-refractivity contribution in [2.75, 3.05) is 27.3 Å². The number of benzene rings is 2. The van der Waals surface area contributed by atoms with Gasteiger partial charge in [0.15, 0.2) is 0 Å². The number of hydrogen-bond acceptors (Lipinski definition) is 4. The van der Waals surface area contributed by atoms with Gasteiger partial charge in [0.1, 0.15) is 12.4 Å². The molecule has 0 unspecified atom stereocenters. The summed E-state index contributed by atoms with van der Waals surface area (Å²) < 4.78 is 10.3. The minimum Gasteiger partial charge on any atom is -0.492 e. The molecule has 4 heteroatoms. The Balaban J connectivity index is 1.74. The lowest BCUT2D eigenvalue weighted by molar-refractivity contribution is -0.134. The van der Waals surface area contributed by atoms with Crippen LogP contribution in [0.3, 0.4) is 0 Å². The van der Waals surface area contributed by atoms with Crippen molar-refractivity contribution in [3.8, 4) is 5.75 Å². The third kappa shape index (κ3) is 6.26. The van der Waals surface area contributed by atoms with Crippen LogP contribution in [-0.2, 0) is 16.1 Å². The Bertz CT molecular complexity index is 650. The van der Waals surface area contributed by atoms with Crippen molar-refractivity contribution in [1.82, 2.24) is 4.90 Å². The highest BCUT2D eigenvalue weighted by atomic mass is 16.5. The molecule has 2 rings (SSSR count). The van der Waals surface area contributed by atoms with Crippen LogP contribution in [0.15, 0.2) is 60.7 Å². The molecule has 0 spiro atoms. The Hall–Kier alpha value is -2.59. The molecule has 2 aromatic rings. The number of carbonyl (C=O) groups excluding carboxylic acids is 1. The van der Waals surface area contributed by atoms with Gasteiger partial charge in [-0.25, -0.2) is 4.79 Å². The van der Waals surface area contributed by atoms with Gasteiger partial charge >= 0.3 is 5.97 Å². The smallest absolute Gasteiger partial charge is 0.330 e. The number of esters is 1. The summed E-state index contributed by atoms with van der Waals surface area (Å²) in [5.41, 5.74) is 2.22. The number of methoxy groups -OCH3 is 1. The molecule has 0 saturated carbocycles. The first-order chi connectivity index (χ1) is 11.7. The Morgan fingerprint density at radius 3 is 2.46 bits per heavy atom. The Kier molecular flexibility index (Phi) is 7.05. The first-order valence-electron chi connectivity index (χ1n) is 7.89. The summed E-state index contributed by atoms with van der Waals surface area (Å²) in [4.78, 5) is 13.3. The molecule has 0 aliphatic rings. The van der Waals surface area contributed by atoms with E-state index in [2.05, 4.69) is 40.9 Å². The van der Waals surface area contributed by atoms with Crippen molar-refractivity contribution in [2.45, 2.75) is 6.54 Å². The van der Waals surface area contributed by atoms with E-state index in [1.807, 2.05) is 30.3 Å². The van der Waals surface area contributed by atoms with Crippen molar-refractivity contribution < 1.29 is 14.3 Å². The fraction of sp³-hybridized carbons (Fsp3) is 0.250. The maximum Gasteiger partial charge on any atom is 0.330 e. The average molecular weight is 325 g/mol. The van der Waals surface area contributed by atoms with Crippen molar-refractivity contribution in [3.63, 3.8) is 0 Å². The zero-order valence-corrected chi connectivity index (χ0v) is 14.1. The van der Waals surface area contributed by atoms with Crippen molar-refractivity contribution in [3.05, 3.63) is 71.8 Å². The second-order valence-corrected chi connectivity index (χ2v) is 5.50. The van der Waals surface area contributed by atoms with Crippen LogP contribution in [0.25, 0.3) is 6.08 Å². The van der Waals surface area contributed by atoms with Crippen LogP contribution in [0.4, 0.5) is 0 Å². The molecule has 0 heterocycles. The third-order valence-corrected chi connectivity index (χ3v) is 3.53. The topological polar surface area (TPSA) is 38.8 Å². The molecule has 126 valence electrons. The van der Waals surface area contributed by atoms with Gasteiger partial charge in [0.2, 0.25) is 0 Å². The summed E-state index contributed by atoms with van der Waals surface area (Å²) in [6.45, 7) is 2.38. The lowest BCUT2D eigenvalue weighted by Crippen LogP contribution is -2.23. The molecule has 0 aliphatic carbocycles. The van der Waals surface area contributed by atoms with E-state index in [-0.39, 0.29) is 5.97 Å². The normalized spacial score (nSPS) is 11.0. The van der Waals surface area contributed by atoms with Gasteiger partial charge in [0.05, 0.1) is 7.11 Å². The lowest BCUT2D eigenvalue weighted by atomic mass is 10.2. The van der Waals surface area contributed by atoms with Gasteiger partial charge in [-0.05, 0) is 36.4 Å². The largest absolute Gasteiger partial charge is 0.492 e. The molecule has 0 saturated heterocycles. The van der Waals surface area contributed by atoms with Crippen LogP contribution in [0.5, 0.6) is 5.75 Å². The molecule has 0 fully saturated rings. The van der Waals surface area contributed by atoms with Gasteiger partial charge in [0.25, 0.3) is 0 Å². The molecule has 0 N–H and O–H groups in total. The molecular formula is C20H23NO3. The van der Waals surface area contributed by atoms with E-state index in [1.165, 1.54) is 18.7 Å². The minimum absolute atomic E-state index is 0.364. The van der Waals surface area contributed by atoms with Crippen molar-refractivity contribution in [1.29, 1.82) is 0 Å². The zero-order valence-electron chi connectivity index (χ0n) is 14.1. The number of rotatable bonds is 8. The van der Waals surface area contributed by atoms with E-state index in [9.17, 15) is 4.79 Å². The van der Waals surface area contributed by atoms with Crippen molar-refractivity contribution in [2.24, 2.45) is 0 Å². The highest BCUT2D eigenvalue weighted by molar-refractivity contribution is 5.86. The van der Waals surface area contributed by atoms with E-state index in [0.717, 1.165) is 24.4 Å². The Labute approximate surface area is 143 Å². The van der Waals surface area contributed by atoms with Crippen molar-refractivity contribution >= 4 is 12.0 Å². The molecule has 0 aliphatic heterocycles. The Morgan fingerprint density at radius 1 is 1.08 bits per heavy atom. The Morgan fingerprint density at radius 2 is 1.79 bits per heavy atom. The highest BCUT2D eigenvalue weighted by Crippen LogP contribution is 2.13. The van der Waals surface area contributed by atoms with Gasteiger partial charge in [-0.3, -0.25) is 4.90 Å². The molecule has 0 aromatic heterocycles. The lowest BCUT2D eigenvalue weighted by Gasteiger charge is -2.17. The quantitative estimate of drug-likeness (QED) is 0.551. The maximum absolute atomic E-state index is 11.0. The van der Waals surface area contributed by atoms with Gasteiger partial charge in [-0.1, -0.05) is 42.5 Å². The molecule has 0 atom stereocenters. The van der Waals surface area contributed by atoms with Crippen LogP contribution < -0.4 is 4.74 Å². The molecule has 4 nitrogen and oxygen atoms in total. The van der Waals surface area contributed by atoms with Gasteiger partial charge in [-0.2, -0.15) is 0 Å². The minimum atomic E-state index is -0.364. The second kappa shape index (κ2) is 9.53. The maximum atomic E-state index is 11.0. The predicted molar refractivity (Wildman–Crippen MR) is 95.8 cm³/mol. The van der Waals surface area contributed by atoms with E-state index in [0.29, 0.717) is 6.61 Å². The van der Waals surface area contributed by atoms with Crippen LogP contribution in [0, 0.1) is 0 Å². The van der Waals surface area contributed by atoms with Gasteiger partial charge in [-0.15, -0.1) is 0 Å². The van der Waals surface area contributed by atoms with E-state index < -0.39 is 0 Å². The number of ether oxygens (including phenoxy) is 2. The monoisotopic (exact) mass is 325 g/mol. The average Bonchev–Trinajstić information content (AvgIpc) is 2.61. The fourth-order valence-corrected chi connectivity index (χ4v) is 2.20. The molecule has 2 aromatic carbocycles. The standard InChI is InChI=1S/C20H23NO3/c1-21(16-18-6-4-3-5-7-18)14-15-24-19-11-8-17(9-12-19)10-13-20(22)23-2/h3-13H,14-16H2,1-2H3/b13-10+. The summed E-state index contributed by atoms with van der Waals surface area (Å²) in [5.74, 6) is 0.454. The van der Waals surface area contributed by atoms with E-state index in [4.69, 9.17) is 4.74 Å². The number of nitrogens with zero attached hydrogens (tertiary/aromatic N) is 1. The van der Waals surface area contributed by atoms with E-state index >= 15 is 0 Å². The van der Waals surface area contributed by atoms with E-state index in [1.54, 1.807) is 6.08 Å². The van der Waals surface area contributed by atoms with Crippen LogP contribution >= 0.6 is 0 Å². The van der Waals surface area contributed by atoms with Crippen LogP contribution in [0.1, 0.15) is 11.1 Å². The molecule has 0 bridgehead atoms.